The number of halogens is 1. The van der Waals surface area contributed by atoms with Crippen molar-refractivity contribution in [2.24, 2.45) is 0 Å². The van der Waals surface area contributed by atoms with Gasteiger partial charge in [0.2, 0.25) is 5.91 Å². The van der Waals surface area contributed by atoms with E-state index in [1.165, 1.54) is 12.1 Å². The fraction of sp³-hybridized carbons (Fsp3) is 0.115. The van der Waals surface area contributed by atoms with Crippen LogP contribution in [0.15, 0.2) is 77.7 Å². The number of anilines is 1. The van der Waals surface area contributed by atoms with Crippen LogP contribution in [0.2, 0.25) is 0 Å². The van der Waals surface area contributed by atoms with E-state index < -0.39 is 17.1 Å². The quantitative estimate of drug-likeness (QED) is 0.463. The molecule has 1 aliphatic heterocycles. The molecule has 1 saturated heterocycles. The average molecular weight is 477 g/mol. The average Bonchev–Trinajstić information content (AvgIpc) is 3.06. The van der Waals surface area contributed by atoms with Gasteiger partial charge in [-0.05, 0) is 77.9 Å². The smallest absolute Gasteiger partial charge is 0.294 e. The van der Waals surface area contributed by atoms with E-state index in [0.717, 1.165) is 22.2 Å². The van der Waals surface area contributed by atoms with Crippen molar-refractivity contribution in [3.63, 3.8) is 0 Å². The lowest BCUT2D eigenvalue weighted by Gasteiger charge is -2.12. The highest BCUT2D eigenvalue weighted by atomic mass is 32.2. The summed E-state index contributed by atoms with van der Waals surface area (Å²) < 4.78 is 18.9. The molecule has 0 spiro atoms. The Morgan fingerprint density at radius 1 is 1.06 bits per heavy atom. The van der Waals surface area contributed by atoms with Gasteiger partial charge < -0.3 is 10.1 Å². The van der Waals surface area contributed by atoms with Crippen molar-refractivity contribution in [2.75, 3.05) is 11.9 Å². The van der Waals surface area contributed by atoms with Crippen LogP contribution in [0, 0.1) is 12.7 Å². The summed E-state index contributed by atoms with van der Waals surface area (Å²) in [5, 5.41) is 2.21. The highest BCUT2D eigenvalue weighted by Crippen LogP contribution is 2.32. The zero-order valence-corrected chi connectivity index (χ0v) is 19.1. The zero-order chi connectivity index (χ0) is 24.1. The predicted molar refractivity (Wildman–Crippen MR) is 130 cm³/mol. The molecule has 0 aliphatic carbocycles. The molecule has 6 nitrogen and oxygen atoms in total. The van der Waals surface area contributed by atoms with Gasteiger partial charge in [0, 0.05) is 5.69 Å². The Hall–Kier alpha value is -3.91. The first-order valence-corrected chi connectivity index (χ1v) is 11.3. The maximum Gasteiger partial charge on any atom is 0.294 e. The highest BCUT2D eigenvalue weighted by Gasteiger charge is 2.36. The van der Waals surface area contributed by atoms with E-state index in [2.05, 4.69) is 5.32 Å². The summed E-state index contributed by atoms with van der Waals surface area (Å²) in [5.74, 6) is -0.699. The summed E-state index contributed by atoms with van der Waals surface area (Å²) in [4.78, 5) is 38.5. The Morgan fingerprint density at radius 3 is 2.56 bits per heavy atom. The van der Waals surface area contributed by atoms with E-state index in [-0.39, 0.29) is 23.9 Å². The lowest BCUT2D eigenvalue weighted by Crippen LogP contribution is -2.36. The van der Waals surface area contributed by atoms with Crippen molar-refractivity contribution in [3.05, 3.63) is 100 Å². The molecule has 1 fully saturated rings. The summed E-state index contributed by atoms with van der Waals surface area (Å²) in [6.07, 6.45) is 1.60. The molecule has 1 aliphatic rings. The fourth-order valence-electron chi connectivity index (χ4n) is 3.31. The number of hydrogen-bond donors (Lipinski definition) is 1. The number of imide groups is 1. The summed E-state index contributed by atoms with van der Waals surface area (Å²) in [6, 6.07) is 20.4. The number of nitrogens with one attached hydrogen (secondary N) is 1. The number of aryl methyl sites for hydroxylation is 1. The van der Waals surface area contributed by atoms with E-state index in [9.17, 15) is 18.8 Å². The molecule has 0 saturated carbocycles. The van der Waals surface area contributed by atoms with E-state index in [0.29, 0.717) is 22.6 Å². The minimum atomic E-state index is -0.513. The van der Waals surface area contributed by atoms with Gasteiger partial charge in [-0.3, -0.25) is 19.3 Å². The first kappa shape index (κ1) is 23.3. The number of carbonyl (C=O) groups is 3. The largest absolute Gasteiger partial charge is 0.489 e. The molecule has 3 aromatic rings. The molecule has 4 rings (SSSR count). The third-order valence-electron chi connectivity index (χ3n) is 4.95. The van der Waals surface area contributed by atoms with Crippen LogP contribution in [0.25, 0.3) is 6.08 Å². The second-order valence-electron chi connectivity index (χ2n) is 7.67. The molecule has 0 unspecified atom stereocenters. The second-order valence-corrected chi connectivity index (χ2v) is 8.67. The van der Waals surface area contributed by atoms with Gasteiger partial charge in [-0.1, -0.05) is 36.4 Å². The molecule has 0 atom stereocenters. The number of thioether (sulfide) groups is 1. The van der Waals surface area contributed by atoms with Crippen LogP contribution >= 0.6 is 11.8 Å². The van der Waals surface area contributed by atoms with Gasteiger partial charge in [0.1, 0.15) is 24.7 Å². The molecule has 1 heterocycles. The molecule has 8 heteroatoms. The second kappa shape index (κ2) is 10.4. The van der Waals surface area contributed by atoms with Crippen LogP contribution in [0.4, 0.5) is 14.9 Å². The van der Waals surface area contributed by atoms with Crippen LogP contribution in [-0.2, 0) is 16.2 Å². The maximum atomic E-state index is 13.3. The lowest BCUT2D eigenvalue weighted by molar-refractivity contribution is -0.127. The SMILES string of the molecule is Cc1cccc(NC(=O)CN2C(=O)S/C(=C\c3ccc(OCc4cccc(F)c4)cc3)C2=O)c1. The number of nitrogens with zero attached hydrogens (tertiary/aromatic N) is 1. The van der Waals surface area contributed by atoms with Crippen molar-refractivity contribution >= 4 is 40.6 Å². The molecule has 3 amide bonds. The topological polar surface area (TPSA) is 75.7 Å². The number of amides is 3. The number of hydrogen-bond acceptors (Lipinski definition) is 5. The van der Waals surface area contributed by atoms with Crippen LogP contribution < -0.4 is 10.1 Å². The lowest BCUT2D eigenvalue weighted by atomic mass is 10.2. The third kappa shape index (κ3) is 5.90. The summed E-state index contributed by atoms with van der Waals surface area (Å²) in [5.41, 5.74) is 3.00. The number of ether oxygens (including phenoxy) is 1. The van der Waals surface area contributed by atoms with Crippen LogP contribution in [-0.4, -0.2) is 28.5 Å². The Bertz CT molecular complexity index is 1270. The minimum absolute atomic E-state index is 0.223. The molecule has 3 aromatic carbocycles. The molecule has 34 heavy (non-hydrogen) atoms. The van der Waals surface area contributed by atoms with Gasteiger partial charge in [0.15, 0.2) is 0 Å². The van der Waals surface area contributed by atoms with Crippen LogP contribution in [0.5, 0.6) is 5.75 Å². The minimum Gasteiger partial charge on any atom is -0.489 e. The maximum absolute atomic E-state index is 13.3. The van der Waals surface area contributed by atoms with Gasteiger partial charge in [-0.15, -0.1) is 0 Å². The van der Waals surface area contributed by atoms with Crippen LogP contribution in [0.1, 0.15) is 16.7 Å². The Morgan fingerprint density at radius 2 is 1.82 bits per heavy atom. The molecule has 1 N–H and O–H groups in total. The predicted octanol–water partition coefficient (Wildman–Crippen LogP) is 5.39. The molecular weight excluding hydrogens is 455 g/mol. The molecule has 0 radical (unpaired) electrons. The van der Waals surface area contributed by atoms with E-state index in [1.54, 1.807) is 54.6 Å². The number of rotatable bonds is 7. The first-order valence-electron chi connectivity index (χ1n) is 10.5. The summed E-state index contributed by atoms with van der Waals surface area (Å²) >= 11 is 0.792. The summed E-state index contributed by atoms with van der Waals surface area (Å²) in [7, 11) is 0. The first-order chi connectivity index (χ1) is 16.4. The van der Waals surface area contributed by atoms with E-state index in [1.807, 2.05) is 19.1 Å². The van der Waals surface area contributed by atoms with Crippen molar-refractivity contribution in [1.29, 1.82) is 0 Å². The van der Waals surface area contributed by atoms with Gasteiger partial charge in [-0.25, -0.2) is 4.39 Å². The normalized spacial score (nSPS) is 14.5. The van der Waals surface area contributed by atoms with Crippen molar-refractivity contribution in [1.82, 2.24) is 4.90 Å². The van der Waals surface area contributed by atoms with Gasteiger partial charge >= 0.3 is 0 Å². The van der Waals surface area contributed by atoms with Crippen molar-refractivity contribution in [3.8, 4) is 5.75 Å². The monoisotopic (exact) mass is 476 g/mol. The molecule has 0 aromatic heterocycles. The van der Waals surface area contributed by atoms with Gasteiger partial charge in [-0.2, -0.15) is 0 Å². The molecular formula is C26H21FN2O4S. The van der Waals surface area contributed by atoms with Gasteiger partial charge in [0.05, 0.1) is 4.91 Å². The van der Waals surface area contributed by atoms with Crippen molar-refractivity contribution < 1.29 is 23.5 Å². The molecule has 172 valence electrons. The Kier molecular flexibility index (Phi) is 7.08. The Balaban J connectivity index is 1.36. The standard InChI is InChI=1S/C26H21FN2O4S/c1-17-4-2-7-21(12-17)28-24(30)15-29-25(31)23(34-26(29)32)14-18-8-10-22(11-9-18)33-16-19-5-3-6-20(27)13-19/h2-14H,15-16H2,1H3,(H,28,30)/b23-14-. The summed E-state index contributed by atoms with van der Waals surface area (Å²) in [6.45, 7) is 1.77. The van der Waals surface area contributed by atoms with Crippen molar-refractivity contribution in [2.45, 2.75) is 13.5 Å². The Labute approximate surface area is 200 Å². The number of benzene rings is 3. The fourth-order valence-corrected chi connectivity index (χ4v) is 4.15. The van der Waals surface area contributed by atoms with Crippen LogP contribution in [0.3, 0.4) is 0 Å². The van der Waals surface area contributed by atoms with E-state index in [4.69, 9.17) is 4.74 Å². The highest BCUT2D eigenvalue weighted by molar-refractivity contribution is 8.18. The zero-order valence-electron chi connectivity index (χ0n) is 18.3. The third-order valence-corrected chi connectivity index (χ3v) is 5.86. The number of carbonyl (C=O) groups excluding carboxylic acids is 3. The van der Waals surface area contributed by atoms with E-state index >= 15 is 0 Å². The molecule has 0 bridgehead atoms. The van der Waals surface area contributed by atoms with Gasteiger partial charge in [0.25, 0.3) is 11.1 Å².